The molecule has 2 heterocycles. The number of fused-ring (bicyclic) bond motifs is 1. The molecule has 0 aliphatic carbocycles. The molecule has 0 saturated carbocycles. The van der Waals surface area contributed by atoms with E-state index in [1.807, 2.05) is 42.5 Å². The van der Waals surface area contributed by atoms with Crippen molar-refractivity contribution >= 4 is 17.1 Å². The number of ether oxygens (including phenoxy) is 1. The lowest BCUT2D eigenvalue weighted by molar-refractivity contribution is 0.468. The van der Waals surface area contributed by atoms with E-state index in [-0.39, 0.29) is 5.57 Å². The molecular weight excluding hydrogens is 278 g/mol. The van der Waals surface area contributed by atoms with Crippen LogP contribution >= 0.6 is 0 Å². The quantitative estimate of drug-likeness (QED) is 0.746. The zero-order chi connectivity index (χ0) is 15.4. The van der Waals surface area contributed by atoms with Crippen molar-refractivity contribution in [2.75, 3.05) is 0 Å². The van der Waals surface area contributed by atoms with Crippen LogP contribution in [0.25, 0.3) is 17.1 Å². The van der Waals surface area contributed by atoms with E-state index >= 15 is 0 Å². The van der Waals surface area contributed by atoms with E-state index in [0.29, 0.717) is 28.2 Å². The van der Waals surface area contributed by atoms with Crippen molar-refractivity contribution in [3.63, 3.8) is 0 Å². The fraction of sp³-hybridized carbons (Fsp3) is 0. The van der Waals surface area contributed by atoms with E-state index in [0.717, 1.165) is 0 Å². The van der Waals surface area contributed by atoms with E-state index in [4.69, 9.17) is 15.3 Å². The monoisotopic (exact) mass is 287 g/mol. The molecule has 0 radical (unpaired) electrons. The molecule has 1 N–H and O–H groups in total. The molecule has 3 rings (SSSR count). The molecule has 1 aromatic carbocycles. The number of allylic oxidation sites excluding steroid dienone is 1. The van der Waals surface area contributed by atoms with Crippen LogP contribution in [-0.4, -0.2) is 15.0 Å². The molecule has 0 saturated heterocycles. The molecule has 0 unspecified atom stereocenters. The van der Waals surface area contributed by atoms with Crippen LogP contribution in [0.3, 0.4) is 0 Å². The van der Waals surface area contributed by atoms with Gasteiger partial charge in [0.25, 0.3) is 0 Å². The minimum Gasteiger partial charge on any atom is -0.438 e. The molecule has 0 amide bonds. The van der Waals surface area contributed by atoms with Gasteiger partial charge in [0.2, 0.25) is 5.88 Å². The Labute approximate surface area is 125 Å². The predicted molar refractivity (Wildman–Crippen MR) is 79.6 cm³/mol. The maximum Gasteiger partial charge on any atom is 0.232 e. The second kappa shape index (κ2) is 5.78. The van der Waals surface area contributed by atoms with Gasteiger partial charge in [0.15, 0.2) is 0 Å². The van der Waals surface area contributed by atoms with Crippen molar-refractivity contribution < 1.29 is 4.74 Å². The highest BCUT2D eigenvalue weighted by Gasteiger charge is 2.12. The molecule has 104 valence electrons. The van der Waals surface area contributed by atoms with E-state index < -0.39 is 0 Å². The Morgan fingerprint density at radius 3 is 2.64 bits per heavy atom. The number of hydrogen-bond acceptors (Lipinski definition) is 5. The van der Waals surface area contributed by atoms with Gasteiger partial charge < -0.3 is 9.72 Å². The molecule has 22 heavy (non-hydrogen) atoms. The lowest BCUT2D eigenvalue weighted by atomic mass is 10.1. The molecule has 0 bridgehead atoms. The number of nitriles is 2. The average molecular weight is 287 g/mol. The largest absolute Gasteiger partial charge is 0.438 e. The third-order valence-corrected chi connectivity index (χ3v) is 2.96. The van der Waals surface area contributed by atoms with Crippen LogP contribution < -0.4 is 4.74 Å². The van der Waals surface area contributed by atoms with Crippen molar-refractivity contribution in [1.29, 1.82) is 10.5 Å². The smallest absolute Gasteiger partial charge is 0.232 e. The second-order valence-corrected chi connectivity index (χ2v) is 4.34. The zero-order valence-electron chi connectivity index (χ0n) is 11.3. The van der Waals surface area contributed by atoms with Crippen molar-refractivity contribution in [2.24, 2.45) is 0 Å². The Morgan fingerprint density at radius 2 is 1.91 bits per heavy atom. The number of para-hydroxylation sites is 1. The minimum atomic E-state index is -0.00425. The summed E-state index contributed by atoms with van der Waals surface area (Å²) in [5.41, 5.74) is 1.19. The Kier molecular flexibility index (Phi) is 3.51. The number of aromatic amines is 1. The van der Waals surface area contributed by atoms with Gasteiger partial charge >= 0.3 is 0 Å². The predicted octanol–water partition coefficient (Wildman–Crippen LogP) is 3.18. The van der Waals surface area contributed by atoms with Crippen LogP contribution in [0.1, 0.15) is 5.56 Å². The first-order valence-corrected chi connectivity index (χ1v) is 6.38. The third kappa shape index (κ3) is 2.49. The van der Waals surface area contributed by atoms with Gasteiger partial charge in [-0.25, -0.2) is 9.97 Å². The summed E-state index contributed by atoms with van der Waals surface area (Å²) in [5.74, 6) is 0.998. The molecule has 0 atom stereocenters. The SMILES string of the molecule is N#CC(C#N)=Cc1c[nH]c2ncnc(Oc3ccccc3)c12. The van der Waals surface area contributed by atoms with Crippen LogP contribution in [0.4, 0.5) is 0 Å². The Hall–Kier alpha value is -3.64. The Morgan fingerprint density at radius 1 is 1.14 bits per heavy atom. The average Bonchev–Trinajstić information content (AvgIpc) is 2.97. The molecule has 0 fully saturated rings. The first-order chi connectivity index (χ1) is 10.8. The van der Waals surface area contributed by atoms with E-state index in [2.05, 4.69) is 15.0 Å². The summed E-state index contributed by atoms with van der Waals surface area (Å²) in [6.07, 6.45) is 4.52. The van der Waals surface area contributed by atoms with Crippen molar-refractivity contribution in [1.82, 2.24) is 15.0 Å². The summed E-state index contributed by atoms with van der Waals surface area (Å²) in [4.78, 5) is 11.2. The fourth-order valence-electron chi connectivity index (χ4n) is 1.99. The van der Waals surface area contributed by atoms with Gasteiger partial charge in [-0.15, -0.1) is 0 Å². The van der Waals surface area contributed by atoms with E-state index in [1.54, 1.807) is 6.20 Å². The standard InChI is InChI=1S/C16H9N5O/c17-7-11(8-18)6-12-9-19-15-14(12)16(21-10-20-15)22-13-4-2-1-3-5-13/h1-6,9-10H,(H,19,20,21). The highest BCUT2D eigenvalue weighted by Crippen LogP contribution is 2.30. The van der Waals surface area contributed by atoms with Crippen molar-refractivity contribution in [3.05, 3.63) is 54.0 Å². The Balaban J connectivity index is 2.12. The first-order valence-electron chi connectivity index (χ1n) is 6.38. The molecule has 6 heteroatoms. The first kappa shape index (κ1) is 13.3. The summed E-state index contributed by atoms with van der Waals surface area (Å²) >= 11 is 0. The van der Waals surface area contributed by atoms with Crippen LogP contribution in [0.5, 0.6) is 11.6 Å². The Bertz CT molecular complexity index is 913. The molecular formula is C16H9N5O. The summed E-state index contributed by atoms with van der Waals surface area (Å²) in [6, 6.07) is 12.9. The topological polar surface area (TPSA) is 98.4 Å². The van der Waals surface area contributed by atoms with Crippen LogP contribution in [0.15, 0.2) is 48.4 Å². The van der Waals surface area contributed by atoms with Gasteiger partial charge in [0.05, 0.1) is 5.39 Å². The number of aromatic nitrogens is 3. The van der Waals surface area contributed by atoms with Gasteiger partial charge in [-0.3, -0.25) is 0 Å². The number of benzene rings is 1. The highest BCUT2D eigenvalue weighted by atomic mass is 16.5. The van der Waals surface area contributed by atoms with E-state index in [9.17, 15) is 0 Å². The molecule has 6 nitrogen and oxygen atoms in total. The minimum absolute atomic E-state index is 0.00425. The number of hydrogen-bond donors (Lipinski definition) is 1. The number of nitrogens with one attached hydrogen (secondary N) is 1. The van der Waals surface area contributed by atoms with Crippen molar-refractivity contribution in [3.8, 4) is 23.8 Å². The maximum absolute atomic E-state index is 8.89. The summed E-state index contributed by atoms with van der Waals surface area (Å²) < 4.78 is 5.77. The van der Waals surface area contributed by atoms with Crippen LogP contribution in [0, 0.1) is 22.7 Å². The van der Waals surface area contributed by atoms with Crippen molar-refractivity contribution in [2.45, 2.75) is 0 Å². The molecule has 0 spiro atoms. The third-order valence-electron chi connectivity index (χ3n) is 2.96. The number of nitrogens with zero attached hydrogens (tertiary/aromatic N) is 4. The maximum atomic E-state index is 8.89. The molecule has 2 aromatic heterocycles. The van der Waals surface area contributed by atoms with Crippen LogP contribution in [-0.2, 0) is 0 Å². The molecule has 0 aliphatic heterocycles. The lowest BCUT2D eigenvalue weighted by Crippen LogP contribution is -1.91. The van der Waals surface area contributed by atoms with Gasteiger partial charge in [0, 0.05) is 11.8 Å². The number of H-pyrrole nitrogens is 1. The van der Waals surface area contributed by atoms with Gasteiger partial charge in [-0.05, 0) is 18.2 Å². The number of rotatable bonds is 3. The fourth-order valence-corrected chi connectivity index (χ4v) is 1.99. The zero-order valence-corrected chi connectivity index (χ0v) is 11.3. The normalized spacial score (nSPS) is 9.73. The summed E-state index contributed by atoms with van der Waals surface area (Å²) in [6.45, 7) is 0. The summed E-state index contributed by atoms with van der Waals surface area (Å²) in [7, 11) is 0. The van der Waals surface area contributed by atoms with Gasteiger partial charge in [-0.2, -0.15) is 10.5 Å². The molecule has 0 aliphatic rings. The molecule has 3 aromatic rings. The van der Waals surface area contributed by atoms with Gasteiger partial charge in [0.1, 0.15) is 35.4 Å². The van der Waals surface area contributed by atoms with E-state index in [1.165, 1.54) is 12.4 Å². The summed E-state index contributed by atoms with van der Waals surface area (Å²) in [5, 5.41) is 18.4. The van der Waals surface area contributed by atoms with Crippen LogP contribution in [0.2, 0.25) is 0 Å². The second-order valence-electron chi connectivity index (χ2n) is 4.34. The lowest BCUT2D eigenvalue weighted by Gasteiger charge is -2.05. The highest BCUT2D eigenvalue weighted by molar-refractivity contribution is 5.91. The van der Waals surface area contributed by atoms with Gasteiger partial charge in [-0.1, -0.05) is 18.2 Å².